The van der Waals surface area contributed by atoms with Gasteiger partial charge in [0.25, 0.3) is 0 Å². The van der Waals surface area contributed by atoms with Gasteiger partial charge in [-0.05, 0) is 11.6 Å². The lowest BCUT2D eigenvalue weighted by molar-refractivity contribution is -0.146. The standard InChI is InChI=1S/C12H13ClN2O3/c13-10-4-2-1-3-8(10)5-14-12(18)15-6-9(7-15)11(16)17/h1-4,9H,5-7H2,(H,14,18)(H,16,17). The van der Waals surface area contributed by atoms with Gasteiger partial charge in [0, 0.05) is 24.7 Å². The van der Waals surface area contributed by atoms with Crippen LogP contribution >= 0.6 is 11.6 Å². The molecule has 0 aromatic heterocycles. The molecule has 0 radical (unpaired) electrons. The summed E-state index contributed by atoms with van der Waals surface area (Å²) < 4.78 is 0. The van der Waals surface area contributed by atoms with E-state index in [2.05, 4.69) is 5.32 Å². The Balaban J connectivity index is 1.80. The Kier molecular flexibility index (Phi) is 3.72. The van der Waals surface area contributed by atoms with Crippen LogP contribution in [-0.2, 0) is 11.3 Å². The van der Waals surface area contributed by atoms with Crippen molar-refractivity contribution in [1.82, 2.24) is 10.2 Å². The lowest BCUT2D eigenvalue weighted by atomic mass is 10.0. The molecular formula is C12H13ClN2O3. The molecule has 1 heterocycles. The first-order valence-electron chi connectivity index (χ1n) is 5.57. The van der Waals surface area contributed by atoms with Crippen LogP contribution in [0.15, 0.2) is 24.3 Å². The van der Waals surface area contributed by atoms with Crippen molar-refractivity contribution >= 4 is 23.6 Å². The monoisotopic (exact) mass is 268 g/mol. The number of hydrogen-bond donors (Lipinski definition) is 2. The molecule has 1 aliphatic rings. The van der Waals surface area contributed by atoms with Gasteiger partial charge in [0.15, 0.2) is 0 Å². The van der Waals surface area contributed by atoms with E-state index in [-0.39, 0.29) is 19.1 Å². The van der Waals surface area contributed by atoms with Crippen molar-refractivity contribution in [3.8, 4) is 0 Å². The van der Waals surface area contributed by atoms with Crippen LogP contribution in [-0.4, -0.2) is 35.1 Å². The number of amides is 2. The number of carboxylic acids is 1. The molecule has 0 bridgehead atoms. The molecule has 1 aromatic carbocycles. The summed E-state index contributed by atoms with van der Waals surface area (Å²) in [5, 5.41) is 12.0. The minimum absolute atomic E-state index is 0.257. The van der Waals surface area contributed by atoms with Crippen LogP contribution in [0.4, 0.5) is 4.79 Å². The summed E-state index contributed by atoms with van der Waals surface area (Å²) >= 11 is 5.96. The number of rotatable bonds is 3. The average Bonchev–Trinajstić information content (AvgIpc) is 2.25. The first-order valence-corrected chi connectivity index (χ1v) is 5.94. The second kappa shape index (κ2) is 5.27. The molecule has 18 heavy (non-hydrogen) atoms. The quantitative estimate of drug-likeness (QED) is 0.874. The molecule has 1 aliphatic heterocycles. The van der Waals surface area contributed by atoms with E-state index in [1.807, 2.05) is 18.2 Å². The van der Waals surface area contributed by atoms with Gasteiger partial charge in [-0.3, -0.25) is 4.79 Å². The predicted molar refractivity (Wildman–Crippen MR) is 66.4 cm³/mol. The predicted octanol–water partition coefficient (Wildman–Crippen LogP) is 1.57. The van der Waals surface area contributed by atoms with E-state index < -0.39 is 11.9 Å². The molecule has 0 unspecified atom stereocenters. The van der Waals surface area contributed by atoms with Gasteiger partial charge in [-0.1, -0.05) is 29.8 Å². The Bertz CT molecular complexity index is 472. The van der Waals surface area contributed by atoms with Crippen molar-refractivity contribution in [3.63, 3.8) is 0 Å². The topological polar surface area (TPSA) is 69.6 Å². The van der Waals surface area contributed by atoms with Gasteiger partial charge >= 0.3 is 12.0 Å². The van der Waals surface area contributed by atoms with E-state index in [0.29, 0.717) is 11.6 Å². The normalized spacial score (nSPS) is 15.1. The minimum Gasteiger partial charge on any atom is -0.481 e. The highest BCUT2D eigenvalue weighted by Gasteiger charge is 2.35. The number of benzene rings is 1. The van der Waals surface area contributed by atoms with Gasteiger partial charge in [0.1, 0.15) is 0 Å². The molecule has 0 saturated carbocycles. The first-order chi connectivity index (χ1) is 8.58. The number of nitrogens with one attached hydrogen (secondary N) is 1. The number of hydrogen-bond acceptors (Lipinski definition) is 2. The molecule has 1 aromatic rings. The number of aliphatic carboxylic acids is 1. The van der Waals surface area contributed by atoms with Crippen molar-refractivity contribution in [2.45, 2.75) is 6.54 Å². The fraction of sp³-hybridized carbons (Fsp3) is 0.333. The van der Waals surface area contributed by atoms with Crippen LogP contribution in [0.5, 0.6) is 0 Å². The number of nitrogens with zero attached hydrogens (tertiary/aromatic N) is 1. The molecule has 1 fully saturated rings. The number of carboxylic acid groups (broad SMARTS) is 1. The highest BCUT2D eigenvalue weighted by atomic mass is 35.5. The van der Waals surface area contributed by atoms with E-state index in [1.165, 1.54) is 4.90 Å². The fourth-order valence-corrected chi connectivity index (χ4v) is 1.93. The van der Waals surface area contributed by atoms with Crippen molar-refractivity contribution in [3.05, 3.63) is 34.9 Å². The number of likely N-dealkylation sites (tertiary alicyclic amines) is 1. The minimum atomic E-state index is -0.856. The number of urea groups is 1. The molecule has 5 nitrogen and oxygen atoms in total. The zero-order valence-corrected chi connectivity index (χ0v) is 10.4. The highest BCUT2D eigenvalue weighted by molar-refractivity contribution is 6.31. The Hall–Kier alpha value is -1.75. The van der Waals surface area contributed by atoms with Crippen LogP contribution in [0.1, 0.15) is 5.56 Å². The molecule has 2 N–H and O–H groups in total. The van der Waals surface area contributed by atoms with Gasteiger partial charge in [-0.25, -0.2) is 4.79 Å². The van der Waals surface area contributed by atoms with Gasteiger partial charge in [0.05, 0.1) is 5.92 Å². The molecule has 2 amide bonds. The molecule has 0 aliphatic carbocycles. The summed E-state index contributed by atoms with van der Waals surface area (Å²) in [5.74, 6) is -1.29. The van der Waals surface area contributed by atoms with Crippen molar-refractivity contribution in [2.24, 2.45) is 5.92 Å². The summed E-state index contributed by atoms with van der Waals surface area (Å²) in [4.78, 5) is 23.7. The number of carbonyl (C=O) groups excluding carboxylic acids is 1. The molecule has 6 heteroatoms. The highest BCUT2D eigenvalue weighted by Crippen LogP contribution is 2.17. The molecule has 2 rings (SSSR count). The summed E-state index contributed by atoms with van der Waals surface area (Å²) in [7, 11) is 0. The fourth-order valence-electron chi connectivity index (χ4n) is 1.72. The third-order valence-electron chi connectivity index (χ3n) is 2.91. The second-order valence-electron chi connectivity index (χ2n) is 4.19. The average molecular weight is 269 g/mol. The summed E-state index contributed by atoms with van der Waals surface area (Å²) in [6, 6.07) is 7.00. The van der Waals surface area contributed by atoms with Crippen LogP contribution in [0.2, 0.25) is 5.02 Å². The second-order valence-corrected chi connectivity index (χ2v) is 4.60. The lowest BCUT2D eigenvalue weighted by Crippen LogP contribution is -2.56. The van der Waals surface area contributed by atoms with Gasteiger partial charge in [-0.15, -0.1) is 0 Å². The van der Waals surface area contributed by atoms with E-state index in [9.17, 15) is 9.59 Å². The van der Waals surface area contributed by atoms with E-state index in [4.69, 9.17) is 16.7 Å². The van der Waals surface area contributed by atoms with Gasteiger partial charge in [0.2, 0.25) is 0 Å². The Morgan fingerprint density at radius 2 is 2.06 bits per heavy atom. The third-order valence-corrected chi connectivity index (χ3v) is 3.27. The maximum Gasteiger partial charge on any atom is 0.317 e. The van der Waals surface area contributed by atoms with E-state index in [1.54, 1.807) is 6.07 Å². The van der Waals surface area contributed by atoms with E-state index in [0.717, 1.165) is 5.56 Å². The number of halogens is 1. The zero-order valence-electron chi connectivity index (χ0n) is 9.60. The van der Waals surface area contributed by atoms with Crippen molar-refractivity contribution < 1.29 is 14.7 Å². The van der Waals surface area contributed by atoms with E-state index >= 15 is 0 Å². The van der Waals surface area contributed by atoms with Crippen LogP contribution in [0.25, 0.3) is 0 Å². The number of carbonyl (C=O) groups is 2. The third kappa shape index (κ3) is 2.73. The van der Waals surface area contributed by atoms with Crippen molar-refractivity contribution in [1.29, 1.82) is 0 Å². The zero-order chi connectivity index (χ0) is 13.1. The first kappa shape index (κ1) is 12.7. The summed E-state index contributed by atoms with van der Waals surface area (Å²) in [6.07, 6.45) is 0. The molecule has 1 saturated heterocycles. The lowest BCUT2D eigenvalue weighted by Gasteiger charge is -2.36. The SMILES string of the molecule is O=C(O)C1CN(C(=O)NCc2ccccc2Cl)C1. The van der Waals surface area contributed by atoms with Crippen LogP contribution < -0.4 is 5.32 Å². The molecule has 0 spiro atoms. The van der Waals surface area contributed by atoms with Gasteiger partial charge in [-0.2, -0.15) is 0 Å². The van der Waals surface area contributed by atoms with Gasteiger partial charge < -0.3 is 15.3 Å². The summed E-state index contributed by atoms with van der Waals surface area (Å²) in [6.45, 7) is 0.875. The maximum absolute atomic E-state index is 11.7. The summed E-state index contributed by atoms with van der Waals surface area (Å²) in [5.41, 5.74) is 0.836. The maximum atomic E-state index is 11.7. The molecular weight excluding hydrogens is 256 g/mol. The Morgan fingerprint density at radius 1 is 1.39 bits per heavy atom. The Labute approximate surface area is 109 Å². The van der Waals surface area contributed by atoms with Crippen molar-refractivity contribution in [2.75, 3.05) is 13.1 Å². The largest absolute Gasteiger partial charge is 0.481 e. The van der Waals surface area contributed by atoms with Crippen LogP contribution in [0, 0.1) is 5.92 Å². The Morgan fingerprint density at radius 3 is 2.67 bits per heavy atom. The smallest absolute Gasteiger partial charge is 0.317 e. The molecule has 96 valence electrons. The molecule has 0 atom stereocenters. The van der Waals surface area contributed by atoms with Crippen LogP contribution in [0.3, 0.4) is 0 Å².